The maximum atomic E-state index is 6.09. The Kier molecular flexibility index (Phi) is 10.6. The van der Waals surface area contributed by atoms with Crippen LogP contribution in [0.25, 0.3) is 6.08 Å². The summed E-state index contributed by atoms with van der Waals surface area (Å²) in [4.78, 5) is 5.54. The zero-order valence-corrected chi connectivity index (χ0v) is 18.0. The number of nitrogens with one attached hydrogen (secondary N) is 1. The molecule has 0 saturated carbocycles. The minimum absolute atomic E-state index is 0.0812. The van der Waals surface area contributed by atoms with Crippen molar-refractivity contribution < 1.29 is 0 Å². The molecule has 2 unspecified atom stereocenters. The van der Waals surface area contributed by atoms with Crippen LogP contribution in [0.5, 0.6) is 0 Å². The first-order valence-corrected chi connectivity index (χ1v) is 10.9. The molecule has 0 aliphatic rings. The minimum atomic E-state index is 0.0812. The second-order valence-electron chi connectivity index (χ2n) is 6.81. The van der Waals surface area contributed by atoms with Crippen molar-refractivity contribution in [2.24, 2.45) is 17.6 Å². The van der Waals surface area contributed by atoms with Crippen molar-refractivity contribution in [3.05, 3.63) is 58.6 Å². The topological polar surface area (TPSA) is 50.9 Å². The fourth-order valence-electron chi connectivity index (χ4n) is 2.28. The summed E-state index contributed by atoms with van der Waals surface area (Å²) in [6.07, 6.45) is 8.23. The predicted molar refractivity (Wildman–Crippen MR) is 120 cm³/mol. The molecule has 0 fully saturated rings. The molecule has 0 bridgehead atoms. The van der Waals surface area contributed by atoms with Gasteiger partial charge in [-0.3, -0.25) is 0 Å². The highest BCUT2D eigenvalue weighted by molar-refractivity contribution is 8.03. The average Bonchev–Trinajstić information content (AvgIpc) is 3.06. The number of rotatable bonds is 13. The average molecular weight is 392 g/mol. The van der Waals surface area contributed by atoms with Crippen molar-refractivity contribution in [1.82, 2.24) is 10.3 Å². The number of hydrogen-bond acceptors (Lipinski definition) is 5. The predicted octanol–water partition coefficient (Wildman–Crippen LogP) is 5.59. The lowest BCUT2D eigenvalue weighted by atomic mass is 10.1. The Morgan fingerprint density at radius 1 is 1.38 bits per heavy atom. The van der Waals surface area contributed by atoms with Crippen LogP contribution in [-0.4, -0.2) is 16.8 Å². The van der Waals surface area contributed by atoms with Gasteiger partial charge in [0.25, 0.3) is 0 Å². The van der Waals surface area contributed by atoms with Gasteiger partial charge in [0.05, 0.1) is 12.2 Å². The Bertz CT molecular complexity index is 617. The number of thiazole rings is 1. The molecule has 0 radical (unpaired) electrons. The van der Waals surface area contributed by atoms with Crippen LogP contribution in [0.2, 0.25) is 0 Å². The maximum absolute atomic E-state index is 6.09. The van der Waals surface area contributed by atoms with Crippen LogP contribution in [0.15, 0.2) is 47.9 Å². The molecule has 1 aromatic heterocycles. The molecule has 3 nitrogen and oxygen atoms in total. The molecule has 0 amide bonds. The normalized spacial score (nSPS) is 13.7. The number of aromatic nitrogens is 1. The van der Waals surface area contributed by atoms with Gasteiger partial charge in [0, 0.05) is 22.9 Å². The molecular weight excluding hydrogens is 358 g/mol. The van der Waals surface area contributed by atoms with Gasteiger partial charge in [-0.1, -0.05) is 52.7 Å². The maximum Gasteiger partial charge on any atom is 0.112 e. The van der Waals surface area contributed by atoms with Gasteiger partial charge in [0.15, 0.2) is 0 Å². The van der Waals surface area contributed by atoms with Gasteiger partial charge >= 0.3 is 0 Å². The van der Waals surface area contributed by atoms with Crippen LogP contribution in [0.1, 0.15) is 44.3 Å². The molecule has 144 valence electrons. The van der Waals surface area contributed by atoms with Gasteiger partial charge in [0.1, 0.15) is 5.01 Å². The summed E-state index contributed by atoms with van der Waals surface area (Å²) in [6.45, 7) is 19.1. The number of hydrogen-bond donors (Lipinski definition) is 2. The van der Waals surface area contributed by atoms with Crippen LogP contribution >= 0.6 is 23.1 Å². The van der Waals surface area contributed by atoms with E-state index in [1.54, 1.807) is 29.2 Å². The highest BCUT2D eigenvalue weighted by atomic mass is 32.2. The minimum Gasteiger partial charge on any atom is -0.382 e. The monoisotopic (exact) mass is 391 g/mol. The fourth-order valence-corrected chi connectivity index (χ4v) is 3.98. The van der Waals surface area contributed by atoms with E-state index >= 15 is 0 Å². The lowest BCUT2D eigenvalue weighted by Crippen LogP contribution is -2.27. The quantitative estimate of drug-likeness (QED) is 0.340. The third-order valence-corrected chi connectivity index (χ3v) is 5.91. The summed E-state index contributed by atoms with van der Waals surface area (Å²) in [5.74, 6) is 1.93. The summed E-state index contributed by atoms with van der Waals surface area (Å²) in [6, 6.07) is 0.0812. The van der Waals surface area contributed by atoms with Gasteiger partial charge in [-0.2, -0.15) is 0 Å². The molecular formula is C21H33N3S2. The van der Waals surface area contributed by atoms with Gasteiger partial charge < -0.3 is 11.1 Å². The van der Waals surface area contributed by atoms with E-state index in [1.165, 1.54) is 0 Å². The molecule has 5 heteroatoms. The summed E-state index contributed by atoms with van der Waals surface area (Å²) in [7, 11) is 0. The number of nitrogens with zero attached hydrogens (tertiary/aromatic N) is 1. The van der Waals surface area contributed by atoms with Crippen LogP contribution in [-0.2, 0) is 6.54 Å². The van der Waals surface area contributed by atoms with Crippen molar-refractivity contribution in [2.45, 2.75) is 46.2 Å². The van der Waals surface area contributed by atoms with Crippen molar-refractivity contribution in [1.29, 1.82) is 0 Å². The van der Waals surface area contributed by atoms with Gasteiger partial charge in [-0.05, 0) is 35.7 Å². The molecule has 1 aromatic rings. The summed E-state index contributed by atoms with van der Waals surface area (Å²) >= 11 is 3.42. The van der Waals surface area contributed by atoms with E-state index in [-0.39, 0.29) is 6.04 Å². The van der Waals surface area contributed by atoms with Crippen LogP contribution < -0.4 is 11.1 Å². The zero-order chi connectivity index (χ0) is 19.5. The Hall–Kier alpha value is -1.30. The molecule has 2 atom stereocenters. The Labute approximate surface area is 167 Å². The van der Waals surface area contributed by atoms with E-state index in [1.807, 2.05) is 5.38 Å². The van der Waals surface area contributed by atoms with Crippen LogP contribution in [0, 0.1) is 11.8 Å². The molecule has 0 aromatic carbocycles. The third-order valence-electron chi connectivity index (χ3n) is 3.96. The van der Waals surface area contributed by atoms with Crippen molar-refractivity contribution in [3.8, 4) is 0 Å². The Morgan fingerprint density at radius 2 is 2.12 bits per heavy atom. The first kappa shape index (κ1) is 22.7. The van der Waals surface area contributed by atoms with E-state index in [2.05, 4.69) is 63.0 Å². The summed E-state index contributed by atoms with van der Waals surface area (Å²) in [5.41, 5.74) is 8.07. The standard InChI is InChI=1S/C21H33N3S2/c1-7-19-14-26-20(24-19)13-23-17(5)12-16(4)10-8-9-11-25-18(6)21(22)15(2)3/h7-8,10,14-16,21,23H,1,5-6,9,11-13,22H2,2-4H3/b10-8+. The molecule has 26 heavy (non-hydrogen) atoms. The molecule has 1 rings (SSSR count). The smallest absolute Gasteiger partial charge is 0.112 e. The van der Waals surface area contributed by atoms with Gasteiger partial charge in [-0.25, -0.2) is 4.98 Å². The summed E-state index contributed by atoms with van der Waals surface area (Å²) < 4.78 is 0. The van der Waals surface area contributed by atoms with E-state index in [9.17, 15) is 0 Å². The molecule has 1 heterocycles. The van der Waals surface area contributed by atoms with Gasteiger partial charge in [0.2, 0.25) is 0 Å². The zero-order valence-electron chi connectivity index (χ0n) is 16.3. The van der Waals surface area contributed by atoms with Gasteiger partial charge in [-0.15, -0.1) is 23.1 Å². The lowest BCUT2D eigenvalue weighted by Gasteiger charge is -2.17. The van der Waals surface area contributed by atoms with Crippen LogP contribution in [0.3, 0.4) is 0 Å². The first-order valence-electron chi connectivity index (χ1n) is 9.05. The van der Waals surface area contributed by atoms with E-state index in [4.69, 9.17) is 5.73 Å². The summed E-state index contributed by atoms with van der Waals surface area (Å²) in [5, 5.41) is 6.43. The SMILES string of the molecule is C=Cc1csc(CNC(=C)CC(C)/C=C/CCSC(=C)C(N)C(C)C)n1. The highest BCUT2D eigenvalue weighted by Crippen LogP contribution is 2.22. The number of nitrogens with two attached hydrogens (primary N) is 1. The fraction of sp³-hybridized carbons (Fsp3) is 0.476. The second kappa shape index (κ2) is 12.2. The molecule has 0 aliphatic carbocycles. The molecule has 0 aliphatic heterocycles. The second-order valence-corrected chi connectivity index (χ2v) is 8.97. The third kappa shape index (κ3) is 8.88. The molecule has 0 spiro atoms. The van der Waals surface area contributed by atoms with Crippen LogP contribution in [0.4, 0.5) is 0 Å². The molecule has 3 N–H and O–H groups in total. The Morgan fingerprint density at radius 3 is 2.73 bits per heavy atom. The van der Waals surface area contributed by atoms with E-state index in [0.29, 0.717) is 11.8 Å². The lowest BCUT2D eigenvalue weighted by molar-refractivity contribution is 0.566. The molecule has 0 saturated heterocycles. The van der Waals surface area contributed by atoms with E-state index in [0.717, 1.165) is 46.4 Å². The Balaban J connectivity index is 2.20. The number of thioether (sulfide) groups is 1. The van der Waals surface area contributed by atoms with Crippen molar-refractivity contribution in [2.75, 3.05) is 5.75 Å². The van der Waals surface area contributed by atoms with Crippen molar-refractivity contribution in [3.63, 3.8) is 0 Å². The largest absolute Gasteiger partial charge is 0.382 e. The number of allylic oxidation sites excluding steroid dienone is 3. The first-order chi connectivity index (χ1) is 12.3. The van der Waals surface area contributed by atoms with Crippen molar-refractivity contribution >= 4 is 29.2 Å². The highest BCUT2D eigenvalue weighted by Gasteiger charge is 2.11. The van der Waals surface area contributed by atoms with E-state index < -0.39 is 0 Å².